The SMILES string of the molecule is COC(=O)N[C@@H](C)CNc1nccc(-c2cn(C(C)C)nc2-c2cc(F)cc(NS(C)=O)c2F)n1. The Hall–Kier alpha value is -3.61. The van der Waals surface area contributed by atoms with Gasteiger partial charge in [-0.25, -0.2) is 27.8 Å². The molecule has 0 saturated heterocycles. The van der Waals surface area contributed by atoms with E-state index in [9.17, 15) is 13.4 Å². The Morgan fingerprint density at radius 2 is 1.97 bits per heavy atom. The van der Waals surface area contributed by atoms with Crippen molar-refractivity contribution in [2.45, 2.75) is 32.9 Å². The van der Waals surface area contributed by atoms with Gasteiger partial charge in [-0.2, -0.15) is 5.10 Å². The highest BCUT2D eigenvalue weighted by molar-refractivity contribution is 7.85. The number of alkyl carbamates (subject to hydrolysis) is 1. The molecule has 1 amide bonds. The first kappa shape index (κ1) is 26.0. The summed E-state index contributed by atoms with van der Waals surface area (Å²) in [5.41, 5.74) is 0.721. The van der Waals surface area contributed by atoms with Gasteiger partial charge in [-0.3, -0.25) is 4.68 Å². The van der Waals surface area contributed by atoms with Crippen LogP contribution in [0.25, 0.3) is 22.5 Å². The van der Waals surface area contributed by atoms with Crippen molar-refractivity contribution in [3.8, 4) is 22.5 Å². The van der Waals surface area contributed by atoms with Gasteiger partial charge in [0.1, 0.15) is 22.5 Å². The zero-order chi connectivity index (χ0) is 25.7. The summed E-state index contributed by atoms with van der Waals surface area (Å²) >= 11 is 0. The number of benzene rings is 1. The van der Waals surface area contributed by atoms with E-state index in [1.54, 1.807) is 23.9 Å². The molecule has 2 aromatic heterocycles. The van der Waals surface area contributed by atoms with E-state index in [4.69, 9.17) is 0 Å². The van der Waals surface area contributed by atoms with E-state index in [-0.39, 0.29) is 35.0 Å². The fraction of sp³-hybridized carbons (Fsp3) is 0.364. The number of hydrogen-bond acceptors (Lipinski definition) is 7. The van der Waals surface area contributed by atoms with Gasteiger partial charge in [0.15, 0.2) is 5.82 Å². The predicted octanol–water partition coefficient (Wildman–Crippen LogP) is 3.73. The average molecular weight is 508 g/mol. The van der Waals surface area contributed by atoms with Crippen LogP contribution in [0.3, 0.4) is 0 Å². The number of nitrogens with zero attached hydrogens (tertiary/aromatic N) is 4. The molecule has 10 nitrogen and oxygen atoms in total. The first-order valence-corrected chi connectivity index (χ1v) is 12.2. The van der Waals surface area contributed by atoms with Gasteiger partial charge in [-0.15, -0.1) is 0 Å². The van der Waals surface area contributed by atoms with Crippen LogP contribution in [0.15, 0.2) is 30.6 Å². The summed E-state index contributed by atoms with van der Waals surface area (Å²) < 4.78 is 49.9. The Bertz CT molecular complexity index is 1240. The van der Waals surface area contributed by atoms with Gasteiger partial charge in [-0.05, 0) is 32.9 Å². The molecule has 1 aromatic carbocycles. The van der Waals surface area contributed by atoms with E-state index in [1.807, 2.05) is 13.8 Å². The molecule has 188 valence electrons. The summed E-state index contributed by atoms with van der Waals surface area (Å²) in [6.07, 6.45) is 3.98. The number of ether oxygens (including phenoxy) is 1. The van der Waals surface area contributed by atoms with Crippen LogP contribution < -0.4 is 15.4 Å². The van der Waals surface area contributed by atoms with Crippen LogP contribution in [0.4, 0.5) is 25.2 Å². The van der Waals surface area contributed by atoms with E-state index in [2.05, 4.69) is 35.2 Å². The summed E-state index contributed by atoms with van der Waals surface area (Å²) in [4.78, 5) is 20.0. The summed E-state index contributed by atoms with van der Waals surface area (Å²) in [5.74, 6) is -1.23. The zero-order valence-corrected chi connectivity index (χ0v) is 20.7. The minimum absolute atomic E-state index is 0.0652. The third kappa shape index (κ3) is 6.50. The number of anilines is 2. The van der Waals surface area contributed by atoms with Gasteiger partial charge in [0, 0.05) is 54.5 Å². The van der Waals surface area contributed by atoms with Crippen LogP contribution in [0.5, 0.6) is 0 Å². The average Bonchev–Trinajstić information content (AvgIpc) is 3.25. The lowest BCUT2D eigenvalue weighted by molar-refractivity contribution is 0.168. The Labute approximate surface area is 204 Å². The molecule has 0 radical (unpaired) electrons. The maximum atomic E-state index is 15.3. The predicted molar refractivity (Wildman–Crippen MR) is 130 cm³/mol. The Morgan fingerprint density at radius 3 is 2.63 bits per heavy atom. The third-order valence-electron chi connectivity index (χ3n) is 4.85. The molecule has 3 aromatic rings. The van der Waals surface area contributed by atoms with E-state index < -0.39 is 28.7 Å². The minimum Gasteiger partial charge on any atom is -0.453 e. The van der Waals surface area contributed by atoms with Crippen molar-refractivity contribution in [1.29, 1.82) is 0 Å². The lowest BCUT2D eigenvalue weighted by Crippen LogP contribution is -2.37. The Balaban J connectivity index is 2.01. The molecule has 2 heterocycles. The van der Waals surface area contributed by atoms with Crippen LogP contribution >= 0.6 is 0 Å². The molecule has 0 saturated carbocycles. The molecule has 0 fully saturated rings. The quantitative estimate of drug-likeness (QED) is 0.403. The van der Waals surface area contributed by atoms with Gasteiger partial charge in [0.25, 0.3) is 0 Å². The molecule has 3 rings (SSSR count). The number of rotatable bonds is 9. The van der Waals surface area contributed by atoms with Crippen LogP contribution in [0, 0.1) is 11.6 Å². The van der Waals surface area contributed by atoms with Crippen molar-refractivity contribution < 1.29 is 22.5 Å². The highest BCUT2D eigenvalue weighted by Crippen LogP contribution is 2.35. The molecule has 0 aliphatic heterocycles. The number of amides is 1. The van der Waals surface area contributed by atoms with Crippen molar-refractivity contribution in [3.63, 3.8) is 0 Å². The maximum Gasteiger partial charge on any atom is 0.407 e. The van der Waals surface area contributed by atoms with Crippen LogP contribution in [0.2, 0.25) is 0 Å². The monoisotopic (exact) mass is 507 g/mol. The number of carbonyl (C=O) groups excluding carboxylic acids is 1. The van der Waals surface area contributed by atoms with Gasteiger partial charge in [-0.1, -0.05) is 0 Å². The van der Waals surface area contributed by atoms with E-state index in [0.29, 0.717) is 17.8 Å². The van der Waals surface area contributed by atoms with Crippen molar-refractivity contribution in [1.82, 2.24) is 25.1 Å². The summed E-state index contributed by atoms with van der Waals surface area (Å²) in [5, 5.41) is 10.1. The number of hydrogen-bond donors (Lipinski definition) is 3. The molecule has 35 heavy (non-hydrogen) atoms. The second-order valence-corrected chi connectivity index (χ2v) is 9.13. The fourth-order valence-corrected chi connectivity index (χ4v) is 3.64. The Morgan fingerprint density at radius 1 is 1.23 bits per heavy atom. The second-order valence-electron chi connectivity index (χ2n) is 8.02. The highest BCUT2D eigenvalue weighted by Gasteiger charge is 2.22. The minimum atomic E-state index is -1.60. The molecule has 1 unspecified atom stereocenters. The molecule has 0 aliphatic rings. The highest BCUT2D eigenvalue weighted by atomic mass is 32.2. The lowest BCUT2D eigenvalue weighted by atomic mass is 10.0. The van der Waals surface area contributed by atoms with E-state index in [0.717, 1.165) is 12.1 Å². The first-order valence-electron chi connectivity index (χ1n) is 10.7. The van der Waals surface area contributed by atoms with Crippen LogP contribution in [0.1, 0.15) is 26.8 Å². The standard InChI is InChI=1S/C22H27F2N7O3S/c1-12(2)31-11-16(17-6-7-25-21(28-17)26-10-13(3)27-22(32)34-4)20(29-31)15-8-14(23)9-18(19(15)24)30-35(5)33/h6-9,11-13,30H,10H2,1-5H3,(H,27,32)(H,25,26,28)/t13-,35?/m0/s1. The third-order valence-corrected chi connectivity index (χ3v) is 5.36. The number of methoxy groups -OCH3 is 1. The smallest absolute Gasteiger partial charge is 0.407 e. The fourth-order valence-electron chi connectivity index (χ4n) is 3.18. The normalized spacial score (nSPS) is 12.8. The second kappa shape index (κ2) is 11.2. The molecular weight excluding hydrogens is 480 g/mol. The summed E-state index contributed by atoms with van der Waals surface area (Å²) in [6.45, 7) is 5.90. The van der Waals surface area contributed by atoms with E-state index in [1.165, 1.54) is 19.6 Å². The number of nitrogens with one attached hydrogen (secondary N) is 3. The molecule has 0 spiro atoms. The topological polar surface area (TPSA) is 123 Å². The zero-order valence-electron chi connectivity index (χ0n) is 19.9. The van der Waals surface area contributed by atoms with Crippen molar-refractivity contribution >= 4 is 28.7 Å². The van der Waals surface area contributed by atoms with Crippen LogP contribution in [-0.4, -0.2) is 56.0 Å². The van der Waals surface area contributed by atoms with Gasteiger partial charge >= 0.3 is 6.09 Å². The molecule has 3 N–H and O–H groups in total. The van der Waals surface area contributed by atoms with Crippen molar-refractivity contribution in [2.24, 2.45) is 0 Å². The van der Waals surface area contributed by atoms with Gasteiger partial charge in [0.05, 0.1) is 18.5 Å². The van der Waals surface area contributed by atoms with Crippen LogP contribution in [-0.2, 0) is 15.7 Å². The molecule has 0 aliphatic carbocycles. The molecule has 0 bridgehead atoms. The number of carbonyl (C=O) groups is 1. The van der Waals surface area contributed by atoms with Crippen molar-refractivity contribution in [2.75, 3.05) is 29.9 Å². The molecule has 2 atom stereocenters. The molecular formula is C22H27F2N7O3S. The summed E-state index contributed by atoms with van der Waals surface area (Å²) in [7, 11) is -0.326. The number of aromatic nitrogens is 4. The number of halogens is 2. The largest absolute Gasteiger partial charge is 0.453 e. The van der Waals surface area contributed by atoms with E-state index >= 15 is 4.39 Å². The van der Waals surface area contributed by atoms with Crippen molar-refractivity contribution in [3.05, 3.63) is 42.2 Å². The molecule has 13 heteroatoms. The summed E-state index contributed by atoms with van der Waals surface area (Å²) in [6, 6.07) is 3.27. The van der Waals surface area contributed by atoms with Gasteiger partial charge in [0.2, 0.25) is 5.95 Å². The maximum absolute atomic E-state index is 15.3. The Kier molecular flexibility index (Phi) is 8.33. The lowest BCUT2D eigenvalue weighted by Gasteiger charge is -2.14. The first-order chi connectivity index (χ1) is 16.6. The van der Waals surface area contributed by atoms with Gasteiger partial charge < -0.3 is 20.1 Å².